The van der Waals surface area contributed by atoms with E-state index in [-0.39, 0.29) is 26.1 Å². The first-order chi connectivity index (χ1) is 19.2. The third-order valence-corrected chi connectivity index (χ3v) is 6.36. The van der Waals surface area contributed by atoms with Crippen LogP contribution in [0.3, 0.4) is 0 Å². The molecule has 0 spiro atoms. The molecule has 0 aliphatic carbocycles. The summed E-state index contributed by atoms with van der Waals surface area (Å²) >= 11 is 0. The van der Waals surface area contributed by atoms with Gasteiger partial charge in [-0.05, 0) is 64.7 Å². The van der Waals surface area contributed by atoms with Crippen molar-refractivity contribution in [3.05, 3.63) is 34.9 Å². The van der Waals surface area contributed by atoms with Crippen molar-refractivity contribution in [2.75, 3.05) is 19.7 Å². The highest BCUT2D eigenvalue weighted by Crippen LogP contribution is 2.28. The number of nitrogens with two attached hydrogens (primary N) is 1. The summed E-state index contributed by atoms with van der Waals surface area (Å²) in [6, 6.07) is 3.03. The average Bonchev–Trinajstić information content (AvgIpc) is 2.86. The first-order valence-electron chi connectivity index (χ1n) is 14.3. The number of unbranched alkanes of at least 4 members (excludes halogenated alkanes) is 3. The molecule has 2 unspecified atom stereocenters. The summed E-state index contributed by atoms with van der Waals surface area (Å²) in [5.74, 6) is -2.39. The van der Waals surface area contributed by atoms with E-state index in [9.17, 15) is 24.0 Å². The molecule has 11 nitrogen and oxygen atoms in total. The van der Waals surface area contributed by atoms with Crippen LogP contribution in [-0.4, -0.2) is 66.0 Å². The standard InChI is InChI=1S/C30H48N4O7/c1-8-10-11-12-18-34(28(38)23(19-24(31)35)33-29(39)41-30(5,6)7)26(22-15-13-14-20(3)21(22)4)27(37)32-17-16-25(36)40-9-2/h13-15,23,26H,8-12,16-19H2,1-7H3,(H2,31,35)(H,32,37)(H,33,39). The number of amides is 4. The Morgan fingerprint density at radius 3 is 2.29 bits per heavy atom. The number of benzene rings is 1. The number of aryl methyl sites for hydroxylation is 1. The van der Waals surface area contributed by atoms with E-state index in [2.05, 4.69) is 17.6 Å². The quantitative estimate of drug-likeness (QED) is 0.200. The summed E-state index contributed by atoms with van der Waals surface area (Å²) in [5.41, 5.74) is 6.95. The number of nitrogens with one attached hydrogen (secondary N) is 2. The number of hydrogen-bond acceptors (Lipinski definition) is 7. The topological polar surface area (TPSA) is 157 Å². The summed E-state index contributed by atoms with van der Waals surface area (Å²) in [6.07, 6.45) is 1.90. The van der Waals surface area contributed by atoms with Crippen molar-refractivity contribution in [1.29, 1.82) is 0 Å². The van der Waals surface area contributed by atoms with E-state index < -0.39 is 53.9 Å². The predicted molar refractivity (Wildman–Crippen MR) is 156 cm³/mol. The molecule has 2 atom stereocenters. The van der Waals surface area contributed by atoms with Gasteiger partial charge in [0.1, 0.15) is 17.7 Å². The summed E-state index contributed by atoms with van der Waals surface area (Å²) in [4.78, 5) is 65.8. The van der Waals surface area contributed by atoms with E-state index in [4.69, 9.17) is 15.2 Å². The number of ether oxygens (including phenoxy) is 2. The van der Waals surface area contributed by atoms with Crippen LogP contribution in [0.15, 0.2) is 18.2 Å². The SMILES string of the molecule is CCCCCCN(C(=O)C(CC(N)=O)NC(=O)OC(C)(C)C)C(C(=O)NCCC(=O)OCC)c1cccc(C)c1C. The van der Waals surface area contributed by atoms with Gasteiger partial charge in [0, 0.05) is 13.1 Å². The van der Waals surface area contributed by atoms with Gasteiger partial charge < -0.3 is 30.7 Å². The minimum atomic E-state index is -1.35. The Morgan fingerprint density at radius 1 is 1.02 bits per heavy atom. The Hall–Kier alpha value is -3.63. The lowest BCUT2D eigenvalue weighted by Gasteiger charge is -2.35. The third-order valence-electron chi connectivity index (χ3n) is 6.36. The molecule has 4 N–H and O–H groups in total. The number of hydrogen-bond donors (Lipinski definition) is 3. The van der Waals surface area contributed by atoms with Crippen LogP contribution >= 0.6 is 0 Å². The van der Waals surface area contributed by atoms with Crippen LogP contribution in [0.1, 0.15) is 95.9 Å². The van der Waals surface area contributed by atoms with Crippen LogP contribution in [0.4, 0.5) is 4.79 Å². The maximum absolute atomic E-state index is 14.1. The van der Waals surface area contributed by atoms with E-state index in [1.54, 1.807) is 39.8 Å². The maximum Gasteiger partial charge on any atom is 0.408 e. The zero-order valence-electron chi connectivity index (χ0n) is 25.6. The highest BCUT2D eigenvalue weighted by Gasteiger charge is 2.37. The Labute approximate surface area is 243 Å². The first-order valence-corrected chi connectivity index (χ1v) is 14.3. The molecule has 1 aromatic rings. The Bertz CT molecular complexity index is 1050. The summed E-state index contributed by atoms with van der Waals surface area (Å²) in [7, 11) is 0. The molecule has 1 aromatic carbocycles. The normalized spacial score (nSPS) is 12.6. The minimum Gasteiger partial charge on any atom is -0.466 e. The van der Waals surface area contributed by atoms with Gasteiger partial charge in [0.05, 0.1) is 19.4 Å². The molecule has 0 saturated carbocycles. The van der Waals surface area contributed by atoms with E-state index >= 15 is 0 Å². The first kappa shape index (κ1) is 35.4. The molecular formula is C30H48N4O7. The molecule has 4 amide bonds. The number of alkyl carbamates (subject to hydrolysis) is 1. The smallest absolute Gasteiger partial charge is 0.408 e. The lowest BCUT2D eigenvalue weighted by molar-refractivity contribution is -0.144. The van der Waals surface area contributed by atoms with Crippen molar-refractivity contribution in [3.8, 4) is 0 Å². The molecule has 0 fully saturated rings. The largest absolute Gasteiger partial charge is 0.466 e. The lowest BCUT2D eigenvalue weighted by atomic mass is 9.94. The molecule has 0 radical (unpaired) electrons. The van der Waals surface area contributed by atoms with Gasteiger partial charge in [-0.2, -0.15) is 0 Å². The average molecular weight is 577 g/mol. The van der Waals surface area contributed by atoms with Crippen molar-refractivity contribution in [1.82, 2.24) is 15.5 Å². The fourth-order valence-electron chi connectivity index (χ4n) is 4.26. The summed E-state index contributed by atoms with van der Waals surface area (Å²) in [6.45, 7) is 13.0. The highest BCUT2D eigenvalue weighted by molar-refractivity contribution is 5.94. The predicted octanol–water partition coefficient (Wildman–Crippen LogP) is 3.59. The van der Waals surface area contributed by atoms with Gasteiger partial charge in [0.25, 0.3) is 0 Å². The Kier molecular flexibility index (Phi) is 14.9. The molecule has 41 heavy (non-hydrogen) atoms. The second-order valence-electron chi connectivity index (χ2n) is 11.0. The van der Waals surface area contributed by atoms with Crippen LogP contribution in [0.25, 0.3) is 0 Å². The van der Waals surface area contributed by atoms with E-state index in [0.717, 1.165) is 30.4 Å². The molecule has 0 heterocycles. The van der Waals surface area contributed by atoms with Gasteiger partial charge in [0.15, 0.2) is 0 Å². The van der Waals surface area contributed by atoms with Gasteiger partial charge in [-0.1, -0.05) is 44.4 Å². The lowest BCUT2D eigenvalue weighted by Crippen LogP contribution is -2.54. The van der Waals surface area contributed by atoms with E-state index in [1.807, 2.05) is 19.9 Å². The van der Waals surface area contributed by atoms with Crippen molar-refractivity contribution in [3.63, 3.8) is 0 Å². The number of carbonyl (C=O) groups excluding carboxylic acids is 5. The van der Waals surface area contributed by atoms with Crippen molar-refractivity contribution in [2.24, 2.45) is 5.73 Å². The molecule has 230 valence electrons. The number of rotatable bonds is 16. The molecule has 0 aromatic heterocycles. The van der Waals surface area contributed by atoms with Gasteiger partial charge >= 0.3 is 12.1 Å². The fourth-order valence-corrected chi connectivity index (χ4v) is 4.26. The van der Waals surface area contributed by atoms with Gasteiger partial charge in [0.2, 0.25) is 17.7 Å². The number of primary amides is 1. The molecule has 1 rings (SSSR count). The number of carbonyl (C=O) groups is 5. The number of esters is 1. The highest BCUT2D eigenvalue weighted by atomic mass is 16.6. The molecule has 0 aliphatic heterocycles. The molecule has 0 saturated heterocycles. The molecule has 11 heteroatoms. The molecule has 0 aliphatic rings. The monoisotopic (exact) mass is 576 g/mol. The van der Waals surface area contributed by atoms with Crippen LogP contribution < -0.4 is 16.4 Å². The number of nitrogens with zero attached hydrogens (tertiary/aromatic N) is 1. The zero-order chi connectivity index (χ0) is 31.2. The zero-order valence-corrected chi connectivity index (χ0v) is 25.6. The van der Waals surface area contributed by atoms with E-state index in [1.165, 1.54) is 4.90 Å². The maximum atomic E-state index is 14.1. The summed E-state index contributed by atoms with van der Waals surface area (Å²) < 4.78 is 10.3. The second kappa shape index (κ2) is 17.2. The molecular weight excluding hydrogens is 528 g/mol. The Balaban J connectivity index is 3.53. The van der Waals surface area contributed by atoms with Crippen LogP contribution in [0, 0.1) is 13.8 Å². The van der Waals surface area contributed by atoms with Gasteiger partial charge in [-0.25, -0.2) is 4.79 Å². The third kappa shape index (κ3) is 12.6. The molecule has 0 bridgehead atoms. The van der Waals surface area contributed by atoms with Gasteiger partial charge in [-0.15, -0.1) is 0 Å². The Morgan fingerprint density at radius 2 is 1.71 bits per heavy atom. The van der Waals surface area contributed by atoms with Crippen molar-refractivity contribution >= 4 is 29.8 Å². The van der Waals surface area contributed by atoms with Crippen LogP contribution in [-0.2, 0) is 28.7 Å². The fraction of sp³-hybridized carbons (Fsp3) is 0.633. The van der Waals surface area contributed by atoms with Crippen molar-refractivity contribution < 1.29 is 33.4 Å². The van der Waals surface area contributed by atoms with E-state index in [0.29, 0.717) is 12.0 Å². The van der Waals surface area contributed by atoms with Crippen LogP contribution in [0.2, 0.25) is 0 Å². The summed E-state index contributed by atoms with van der Waals surface area (Å²) in [5, 5.41) is 5.25. The van der Waals surface area contributed by atoms with Crippen molar-refractivity contribution in [2.45, 2.75) is 105 Å². The minimum absolute atomic E-state index is 0.0117. The second-order valence-corrected chi connectivity index (χ2v) is 11.0. The van der Waals surface area contributed by atoms with Gasteiger partial charge in [-0.3, -0.25) is 19.2 Å². The van der Waals surface area contributed by atoms with Crippen LogP contribution in [0.5, 0.6) is 0 Å².